The zero-order chi connectivity index (χ0) is 37.0. The lowest BCUT2D eigenvalue weighted by molar-refractivity contribution is -0.870. The second-order valence-electron chi connectivity index (χ2n) is 15.7. The van der Waals surface area contributed by atoms with Crippen molar-refractivity contribution in [3.05, 3.63) is 0 Å². The second-order valence-corrected chi connectivity index (χ2v) is 17.2. The van der Waals surface area contributed by atoms with E-state index in [0.29, 0.717) is 24.1 Å². The lowest BCUT2D eigenvalue weighted by Gasteiger charge is -2.24. The van der Waals surface area contributed by atoms with Gasteiger partial charge in [0, 0.05) is 13.0 Å². The molecule has 0 aliphatic heterocycles. The molecule has 0 heterocycles. The van der Waals surface area contributed by atoms with Gasteiger partial charge in [-0.2, -0.15) is 0 Å². The summed E-state index contributed by atoms with van der Waals surface area (Å²) >= 11 is 0. The average molecular weight is 735 g/mol. The number of hydrogen-bond donors (Lipinski definition) is 1. The smallest absolute Gasteiger partial charge is 0.457 e. The Kier molecular flexibility index (Phi) is 35.2. The van der Waals surface area contributed by atoms with Crippen LogP contribution < -0.4 is 0 Å². The summed E-state index contributed by atoms with van der Waals surface area (Å²) in [5, 5.41) is 0. The van der Waals surface area contributed by atoms with E-state index in [1.165, 1.54) is 148 Å². The minimum atomic E-state index is -4.26. The maximum absolute atomic E-state index is 12.6. The molecule has 0 aromatic heterocycles. The van der Waals surface area contributed by atoms with Gasteiger partial charge in [0.25, 0.3) is 0 Å². The van der Waals surface area contributed by atoms with Gasteiger partial charge in [0.2, 0.25) is 0 Å². The van der Waals surface area contributed by atoms with E-state index in [2.05, 4.69) is 13.8 Å². The molecule has 0 aliphatic carbocycles. The van der Waals surface area contributed by atoms with E-state index in [1.54, 1.807) is 0 Å². The van der Waals surface area contributed by atoms with Crippen LogP contribution in [0.2, 0.25) is 0 Å². The fourth-order valence-electron chi connectivity index (χ4n) is 6.08. The van der Waals surface area contributed by atoms with Gasteiger partial charge in [0.05, 0.1) is 34.4 Å². The fraction of sp³-hybridized carbons (Fsp3) is 0.976. The molecule has 0 aliphatic rings. The van der Waals surface area contributed by atoms with E-state index in [9.17, 15) is 14.3 Å². The fourth-order valence-corrected chi connectivity index (χ4v) is 6.82. The first kappa shape index (κ1) is 49.5. The number of likely N-dealkylation sites (N-methyl/N-ethyl adjacent to an activating group) is 1. The lowest BCUT2D eigenvalue weighted by Crippen LogP contribution is -2.37. The molecule has 2 atom stereocenters. The van der Waals surface area contributed by atoms with Gasteiger partial charge >= 0.3 is 13.8 Å². The summed E-state index contributed by atoms with van der Waals surface area (Å²) in [5.74, 6) is -0.314. The zero-order valence-corrected chi connectivity index (χ0v) is 34.8. The molecular formula is C41H85NO7P+. The molecule has 9 heteroatoms. The minimum Gasteiger partial charge on any atom is -0.457 e. The third-order valence-electron chi connectivity index (χ3n) is 9.42. The van der Waals surface area contributed by atoms with Crippen LogP contribution in [0.15, 0.2) is 0 Å². The third kappa shape index (κ3) is 38.7. The van der Waals surface area contributed by atoms with Crippen LogP contribution in [0.1, 0.15) is 200 Å². The van der Waals surface area contributed by atoms with Crippen LogP contribution in [-0.4, -0.2) is 75.6 Å². The van der Waals surface area contributed by atoms with E-state index < -0.39 is 13.9 Å². The molecule has 0 rings (SSSR count). The van der Waals surface area contributed by atoms with Gasteiger partial charge in [0.1, 0.15) is 19.3 Å². The monoisotopic (exact) mass is 735 g/mol. The van der Waals surface area contributed by atoms with Crippen LogP contribution in [0.4, 0.5) is 0 Å². The number of rotatable bonds is 40. The van der Waals surface area contributed by atoms with E-state index in [0.717, 1.165) is 32.1 Å². The number of ether oxygens (including phenoxy) is 2. The summed E-state index contributed by atoms with van der Waals surface area (Å²) in [5.41, 5.74) is 0. The molecule has 50 heavy (non-hydrogen) atoms. The molecule has 0 spiro atoms. The van der Waals surface area contributed by atoms with Crippen molar-refractivity contribution in [1.29, 1.82) is 0 Å². The number of unbranched alkanes of at least 4 members (excludes halogenated alkanes) is 26. The molecule has 0 fully saturated rings. The molecule has 1 N–H and O–H groups in total. The van der Waals surface area contributed by atoms with Crippen molar-refractivity contribution >= 4 is 13.8 Å². The Bertz CT molecular complexity index is 777. The summed E-state index contributed by atoms with van der Waals surface area (Å²) in [6, 6.07) is 0. The van der Waals surface area contributed by atoms with Crippen LogP contribution in [0.3, 0.4) is 0 Å². The number of esters is 1. The van der Waals surface area contributed by atoms with E-state index in [4.69, 9.17) is 18.5 Å². The Morgan fingerprint density at radius 3 is 1.32 bits per heavy atom. The van der Waals surface area contributed by atoms with Crippen LogP contribution >= 0.6 is 7.82 Å². The maximum atomic E-state index is 12.6. The van der Waals surface area contributed by atoms with Crippen molar-refractivity contribution in [2.45, 2.75) is 206 Å². The summed E-state index contributed by atoms with van der Waals surface area (Å²) in [4.78, 5) is 22.7. The van der Waals surface area contributed by atoms with Crippen molar-refractivity contribution in [2.24, 2.45) is 0 Å². The highest BCUT2D eigenvalue weighted by atomic mass is 31.2. The van der Waals surface area contributed by atoms with Gasteiger partial charge in [0.15, 0.2) is 0 Å². The molecule has 0 saturated heterocycles. The molecule has 0 radical (unpaired) electrons. The summed E-state index contributed by atoms with van der Waals surface area (Å²) in [6.07, 6.45) is 35.7. The van der Waals surface area contributed by atoms with E-state index >= 15 is 0 Å². The largest absolute Gasteiger partial charge is 0.472 e. The highest BCUT2D eigenvalue weighted by Crippen LogP contribution is 2.43. The molecule has 300 valence electrons. The highest BCUT2D eigenvalue weighted by molar-refractivity contribution is 7.47. The van der Waals surface area contributed by atoms with Gasteiger partial charge in [-0.15, -0.1) is 0 Å². The number of nitrogens with zero attached hydrogens (tertiary/aromatic N) is 1. The number of carbonyl (C=O) groups is 1. The van der Waals surface area contributed by atoms with Crippen molar-refractivity contribution < 1.29 is 37.3 Å². The summed E-state index contributed by atoms with van der Waals surface area (Å²) in [7, 11) is 1.68. The summed E-state index contributed by atoms with van der Waals surface area (Å²) < 4.78 is 34.9. The van der Waals surface area contributed by atoms with Crippen molar-refractivity contribution in [1.82, 2.24) is 0 Å². The first-order valence-electron chi connectivity index (χ1n) is 21.3. The topological polar surface area (TPSA) is 91.3 Å². The number of phosphoric ester groups is 1. The zero-order valence-electron chi connectivity index (χ0n) is 33.9. The van der Waals surface area contributed by atoms with Crippen LogP contribution in [0.5, 0.6) is 0 Å². The Labute approximate surface area is 310 Å². The number of quaternary nitrogens is 1. The van der Waals surface area contributed by atoms with Gasteiger partial charge in [-0.05, 0) is 12.8 Å². The predicted molar refractivity (Wildman–Crippen MR) is 211 cm³/mol. The normalized spacial score (nSPS) is 13.8. The molecule has 0 bridgehead atoms. The molecule has 2 unspecified atom stereocenters. The second kappa shape index (κ2) is 35.5. The highest BCUT2D eigenvalue weighted by Gasteiger charge is 2.26. The Morgan fingerprint density at radius 2 is 0.920 bits per heavy atom. The van der Waals surface area contributed by atoms with Crippen molar-refractivity contribution in [3.8, 4) is 0 Å². The molecule has 0 aromatic carbocycles. The number of phosphoric acid groups is 1. The van der Waals surface area contributed by atoms with Crippen molar-refractivity contribution in [2.75, 3.05) is 54.1 Å². The summed E-state index contributed by atoms with van der Waals surface area (Å²) in [6.45, 7) is 5.64. The number of carbonyl (C=O) groups excluding carboxylic acids is 1. The van der Waals surface area contributed by atoms with Gasteiger partial charge in [-0.1, -0.05) is 181 Å². The molecular weight excluding hydrogens is 649 g/mol. The van der Waals surface area contributed by atoms with Gasteiger partial charge < -0.3 is 18.9 Å². The first-order valence-corrected chi connectivity index (χ1v) is 22.8. The Balaban J connectivity index is 4.05. The van der Waals surface area contributed by atoms with Gasteiger partial charge in [-0.25, -0.2) is 4.57 Å². The number of hydrogen-bond acceptors (Lipinski definition) is 6. The molecule has 0 aromatic rings. The lowest BCUT2D eigenvalue weighted by atomic mass is 10.0. The Hall–Kier alpha value is -0.500. The van der Waals surface area contributed by atoms with Crippen LogP contribution in [0, 0.1) is 0 Å². The SMILES string of the molecule is CCCCCCCCCCCCCCCCCCCCCCOCC(COP(=O)(O)OCC[N+](C)(C)C)OC(=O)CCCCCCCCCC. The third-order valence-corrected chi connectivity index (χ3v) is 10.4. The standard InChI is InChI=1S/C41H84NO7P/c1-6-8-10-12-14-16-17-18-19-20-21-22-23-24-25-26-27-29-31-33-36-46-38-40(39-48-50(44,45)47-37-35-42(3,4)5)49-41(43)34-32-30-28-15-13-11-9-7-2/h40H,6-39H2,1-5H3/p+1. The predicted octanol–water partition coefficient (Wildman–Crippen LogP) is 12.1. The quantitative estimate of drug-likeness (QED) is 0.0290. The Morgan fingerprint density at radius 1 is 0.540 bits per heavy atom. The van der Waals surface area contributed by atoms with Gasteiger partial charge in [-0.3, -0.25) is 13.8 Å². The molecule has 0 saturated carbocycles. The van der Waals surface area contributed by atoms with Crippen LogP contribution in [-0.2, 0) is 27.9 Å². The maximum Gasteiger partial charge on any atom is 0.472 e. The van der Waals surface area contributed by atoms with Crippen LogP contribution in [0.25, 0.3) is 0 Å². The van der Waals surface area contributed by atoms with E-state index in [-0.39, 0.29) is 25.8 Å². The molecule has 0 amide bonds. The first-order chi connectivity index (χ1) is 24.1. The van der Waals surface area contributed by atoms with Crippen molar-refractivity contribution in [3.63, 3.8) is 0 Å². The average Bonchev–Trinajstić information content (AvgIpc) is 3.06. The minimum absolute atomic E-state index is 0.0934. The van der Waals surface area contributed by atoms with E-state index in [1.807, 2.05) is 21.1 Å². The molecule has 8 nitrogen and oxygen atoms in total.